The van der Waals surface area contributed by atoms with E-state index in [0.717, 1.165) is 25.9 Å². The zero-order chi connectivity index (χ0) is 14.6. The molecule has 0 aromatic heterocycles. The first-order valence-corrected chi connectivity index (χ1v) is 7.92. The second-order valence-electron chi connectivity index (χ2n) is 7.04. The van der Waals surface area contributed by atoms with Gasteiger partial charge in [0.15, 0.2) is 0 Å². The Kier molecular flexibility index (Phi) is 2.88. The number of likely N-dealkylation sites (N-methyl/N-ethyl adjacent to an activating group) is 1. The van der Waals surface area contributed by atoms with Crippen molar-refractivity contribution >= 4 is 5.91 Å². The maximum Gasteiger partial charge on any atom is 0.239 e. The van der Waals surface area contributed by atoms with E-state index in [9.17, 15) is 4.79 Å². The highest BCUT2D eigenvalue weighted by Gasteiger charge is 2.66. The first-order valence-electron chi connectivity index (χ1n) is 7.92. The predicted octanol–water partition coefficient (Wildman–Crippen LogP) is 0.623. The number of fused-ring (bicyclic) bond motifs is 1. The molecule has 5 atom stereocenters. The summed E-state index contributed by atoms with van der Waals surface area (Å²) in [5, 5.41) is 3.52. The molecule has 4 aliphatic rings. The molecule has 1 aromatic carbocycles. The predicted molar refractivity (Wildman–Crippen MR) is 81.6 cm³/mol. The summed E-state index contributed by atoms with van der Waals surface area (Å²) < 4.78 is 0. The highest BCUT2D eigenvalue weighted by atomic mass is 16.1. The lowest BCUT2D eigenvalue weighted by atomic mass is 9.58. The van der Waals surface area contributed by atoms with E-state index in [1.54, 1.807) is 0 Å². The molecule has 4 heteroatoms. The number of carbonyl (C=O) groups excluding carboxylic acids is 1. The Balaban J connectivity index is 1.71. The van der Waals surface area contributed by atoms with Crippen molar-refractivity contribution in [3.8, 4) is 0 Å². The third-order valence-electron chi connectivity index (χ3n) is 6.07. The van der Waals surface area contributed by atoms with Crippen LogP contribution in [0.4, 0.5) is 0 Å². The summed E-state index contributed by atoms with van der Waals surface area (Å²) in [7, 11) is 2.15. The quantitative estimate of drug-likeness (QED) is 0.856. The van der Waals surface area contributed by atoms with Crippen molar-refractivity contribution in [1.29, 1.82) is 0 Å². The highest BCUT2D eigenvalue weighted by Crippen LogP contribution is 2.52. The smallest absolute Gasteiger partial charge is 0.239 e. The number of rotatable bonds is 3. The SMILES string of the molecule is CN1CC2CC3CNC2(C(N)=O)C1C3Cc1ccccc1. The van der Waals surface area contributed by atoms with Crippen LogP contribution in [0.1, 0.15) is 12.0 Å². The number of nitrogens with two attached hydrogens (primary N) is 1. The van der Waals surface area contributed by atoms with Gasteiger partial charge in [-0.15, -0.1) is 0 Å². The minimum absolute atomic E-state index is 0.155. The topological polar surface area (TPSA) is 58.4 Å². The van der Waals surface area contributed by atoms with Crippen LogP contribution in [0.2, 0.25) is 0 Å². The van der Waals surface area contributed by atoms with E-state index in [4.69, 9.17) is 5.73 Å². The zero-order valence-corrected chi connectivity index (χ0v) is 12.5. The standard InChI is InChI=1S/C17H23N3O/c1-20-10-13-8-12-9-19-17(13,16(18)21)15(20)14(12)7-11-5-3-2-4-6-11/h2-6,12-15,19H,7-10H2,1H3,(H2,18,21). The van der Waals surface area contributed by atoms with Gasteiger partial charge in [0.25, 0.3) is 0 Å². The molecule has 3 heterocycles. The Hall–Kier alpha value is -1.39. The molecule has 1 aliphatic carbocycles. The normalized spacial score (nSPS) is 41.4. The Morgan fingerprint density at radius 2 is 2.19 bits per heavy atom. The summed E-state index contributed by atoms with van der Waals surface area (Å²) >= 11 is 0. The Bertz CT molecular complexity index is 560. The van der Waals surface area contributed by atoms with Gasteiger partial charge in [0, 0.05) is 18.5 Å². The third kappa shape index (κ3) is 1.72. The van der Waals surface area contributed by atoms with E-state index < -0.39 is 5.54 Å². The summed E-state index contributed by atoms with van der Waals surface area (Å²) in [6, 6.07) is 10.9. The van der Waals surface area contributed by atoms with Gasteiger partial charge in [-0.05, 0) is 43.8 Å². The molecule has 1 aromatic rings. The number of nitrogens with one attached hydrogen (secondary N) is 1. The van der Waals surface area contributed by atoms with Crippen LogP contribution in [0.3, 0.4) is 0 Å². The van der Waals surface area contributed by atoms with Crippen molar-refractivity contribution in [1.82, 2.24) is 10.2 Å². The fraction of sp³-hybridized carbons (Fsp3) is 0.588. The number of hydrogen-bond donors (Lipinski definition) is 2. The Morgan fingerprint density at radius 3 is 2.90 bits per heavy atom. The van der Waals surface area contributed by atoms with Crippen LogP contribution in [-0.4, -0.2) is 42.5 Å². The highest BCUT2D eigenvalue weighted by molar-refractivity contribution is 5.87. The third-order valence-corrected chi connectivity index (χ3v) is 6.07. The van der Waals surface area contributed by atoms with Crippen molar-refractivity contribution in [2.45, 2.75) is 24.4 Å². The van der Waals surface area contributed by atoms with Crippen LogP contribution in [0.5, 0.6) is 0 Å². The number of piperidine rings is 2. The van der Waals surface area contributed by atoms with Gasteiger partial charge in [-0.1, -0.05) is 30.3 Å². The summed E-state index contributed by atoms with van der Waals surface area (Å²) in [6.07, 6.45) is 2.18. The number of primary amides is 1. The largest absolute Gasteiger partial charge is 0.368 e. The van der Waals surface area contributed by atoms with Gasteiger partial charge in [-0.2, -0.15) is 0 Å². The number of carbonyl (C=O) groups is 1. The van der Waals surface area contributed by atoms with Gasteiger partial charge in [-0.25, -0.2) is 0 Å². The first-order chi connectivity index (χ1) is 10.1. The average molecular weight is 285 g/mol. The number of benzene rings is 1. The van der Waals surface area contributed by atoms with Crippen molar-refractivity contribution in [3.05, 3.63) is 35.9 Å². The van der Waals surface area contributed by atoms with Crippen LogP contribution in [0, 0.1) is 17.8 Å². The summed E-state index contributed by atoms with van der Waals surface area (Å²) in [6.45, 7) is 1.92. The van der Waals surface area contributed by atoms with Crippen LogP contribution < -0.4 is 11.1 Å². The first kappa shape index (κ1) is 13.3. The Morgan fingerprint density at radius 1 is 1.43 bits per heavy atom. The van der Waals surface area contributed by atoms with Crippen molar-refractivity contribution in [2.24, 2.45) is 23.5 Å². The minimum Gasteiger partial charge on any atom is -0.368 e. The molecular weight excluding hydrogens is 262 g/mol. The number of hydrogen-bond acceptors (Lipinski definition) is 3. The lowest BCUT2D eigenvalue weighted by Gasteiger charge is -2.55. The van der Waals surface area contributed by atoms with Gasteiger partial charge in [0.05, 0.1) is 0 Å². The average Bonchev–Trinajstić information content (AvgIpc) is 2.72. The fourth-order valence-electron chi connectivity index (χ4n) is 5.30. The molecular formula is C17H23N3O. The van der Waals surface area contributed by atoms with Crippen molar-refractivity contribution in [2.75, 3.05) is 20.1 Å². The molecule has 4 fully saturated rings. The van der Waals surface area contributed by atoms with Gasteiger partial charge in [0.1, 0.15) is 5.54 Å². The van der Waals surface area contributed by atoms with E-state index in [0.29, 0.717) is 17.8 Å². The van der Waals surface area contributed by atoms with Crippen LogP contribution in [0.15, 0.2) is 30.3 Å². The molecule has 0 spiro atoms. The summed E-state index contributed by atoms with van der Waals surface area (Å²) in [5.41, 5.74) is 6.72. The molecule has 0 radical (unpaired) electrons. The molecule has 1 saturated carbocycles. The number of nitrogens with zero attached hydrogens (tertiary/aromatic N) is 1. The van der Waals surface area contributed by atoms with E-state index in [1.807, 2.05) is 0 Å². The summed E-state index contributed by atoms with van der Waals surface area (Å²) in [4.78, 5) is 14.6. The van der Waals surface area contributed by atoms with Gasteiger partial charge in [-0.3, -0.25) is 4.79 Å². The lowest BCUT2D eigenvalue weighted by Crippen LogP contribution is -2.75. The maximum absolute atomic E-state index is 12.3. The van der Waals surface area contributed by atoms with E-state index in [1.165, 1.54) is 5.56 Å². The van der Waals surface area contributed by atoms with Gasteiger partial charge < -0.3 is 16.0 Å². The maximum atomic E-state index is 12.3. The molecule has 21 heavy (non-hydrogen) atoms. The van der Waals surface area contributed by atoms with Crippen LogP contribution >= 0.6 is 0 Å². The molecule has 3 aliphatic heterocycles. The molecule has 112 valence electrons. The molecule has 3 N–H and O–H groups in total. The second-order valence-corrected chi connectivity index (χ2v) is 7.04. The molecule has 4 nitrogen and oxygen atoms in total. The monoisotopic (exact) mass is 285 g/mol. The van der Waals surface area contributed by atoms with E-state index in [2.05, 4.69) is 47.6 Å². The van der Waals surface area contributed by atoms with E-state index >= 15 is 0 Å². The second kappa shape index (κ2) is 4.55. The van der Waals surface area contributed by atoms with Crippen molar-refractivity contribution in [3.63, 3.8) is 0 Å². The number of amides is 1. The van der Waals surface area contributed by atoms with E-state index in [-0.39, 0.29) is 11.9 Å². The molecule has 5 unspecified atom stereocenters. The van der Waals surface area contributed by atoms with Crippen LogP contribution in [-0.2, 0) is 11.2 Å². The lowest BCUT2D eigenvalue weighted by molar-refractivity contribution is -0.134. The molecule has 3 saturated heterocycles. The minimum atomic E-state index is -0.497. The summed E-state index contributed by atoms with van der Waals surface area (Å²) in [5.74, 6) is 1.41. The molecule has 1 amide bonds. The molecule has 5 rings (SSSR count). The van der Waals surface area contributed by atoms with Crippen LogP contribution in [0.25, 0.3) is 0 Å². The zero-order valence-electron chi connectivity index (χ0n) is 12.5. The van der Waals surface area contributed by atoms with Crippen molar-refractivity contribution < 1.29 is 4.79 Å². The molecule has 4 bridgehead atoms. The van der Waals surface area contributed by atoms with Gasteiger partial charge in [0.2, 0.25) is 5.91 Å². The Labute approximate surface area is 125 Å². The van der Waals surface area contributed by atoms with Gasteiger partial charge >= 0.3 is 0 Å². The fourth-order valence-corrected chi connectivity index (χ4v) is 5.30. The number of likely N-dealkylation sites (tertiary alicyclic amines) is 1.